The fourth-order valence-electron chi connectivity index (χ4n) is 1.93. The standard InChI is InChI=1S/C15H23ClN2O3S/c1-3-4-9-17-15(19)12-18(22(2,20)21)10-8-13-6-5-7-14(16)11-13/h5-7,11H,3-4,8-10,12H2,1-2H3,(H,17,19). The second-order valence-corrected chi connectivity index (χ2v) is 7.60. The molecule has 0 atom stereocenters. The monoisotopic (exact) mass is 346 g/mol. The molecule has 1 N–H and O–H groups in total. The fourth-order valence-corrected chi connectivity index (χ4v) is 2.92. The Bertz CT molecular complexity index is 590. The zero-order chi connectivity index (χ0) is 16.6. The van der Waals surface area contributed by atoms with Crippen LogP contribution in [-0.4, -0.2) is 44.5 Å². The molecule has 0 saturated carbocycles. The molecular formula is C15H23ClN2O3S. The Morgan fingerprint density at radius 3 is 2.68 bits per heavy atom. The number of hydrogen-bond donors (Lipinski definition) is 1. The number of sulfonamides is 1. The van der Waals surface area contributed by atoms with E-state index in [0.717, 1.165) is 24.7 Å². The van der Waals surface area contributed by atoms with Gasteiger partial charge in [-0.15, -0.1) is 0 Å². The molecule has 0 radical (unpaired) electrons. The van der Waals surface area contributed by atoms with Gasteiger partial charge in [0.25, 0.3) is 0 Å². The van der Waals surface area contributed by atoms with Crippen LogP contribution >= 0.6 is 11.6 Å². The summed E-state index contributed by atoms with van der Waals surface area (Å²) in [6.45, 7) is 2.70. The topological polar surface area (TPSA) is 66.5 Å². The molecule has 22 heavy (non-hydrogen) atoms. The molecule has 0 unspecified atom stereocenters. The maximum Gasteiger partial charge on any atom is 0.235 e. The number of unbranched alkanes of at least 4 members (excludes halogenated alkanes) is 1. The van der Waals surface area contributed by atoms with Crippen LogP contribution in [0.5, 0.6) is 0 Å². The van der Waals surface area contributed by atoms with Gasteiger partial charge in [0, 0.05) is 18.1 Å². The van der Waals surface area contributed by atoms with Crippen LogP contribution in [0.3, 0.4) is 0 Å². The number of amides is 1. The quantitative estimate of drug-likeness (QED) is 0.696. The summed E-state index contributed by atoms with van der Waals surface area (Å²) in [6.07, 6.45) is 3.48. The summed E-state index contributed by atoms with van der Waals surface area (Å²) in [5.41, 5.74) is 0.938. The van der Waals surface area contributed by atoms with Crippen molar-refractivity contribution in [1.82, 2.24) is 9.62 Å². The second kappa shape index (κ2) is 9.12. The van der Waals surface area contributed by atoms with Crippen molar-refractivity contribution in [1.29, 1.82) is 0 Å². The first-order valence-electron chi connectivity index (χ1n) is 7.29. The highest BCUT2D eigenvalue weighted by Crippen LogP contribution is 2.12. The first-order chi connectivity index (χ1) is 10.3. The van der Waals surface area contributed by atoms with Crippen LogP contribution in [0.2, 0.25) is 5.02 Å². The summed E-state index contributed by atoms with van der Waals surface area (Å²) >= 11 is 5.91. The molecule has 0 bridgehead atoms. The summed E-state index contributed by atoms with van der Waals surface area (Å²) in [5, 5.41) is 3.34. The van der Waals surface area contributed by atoms with E-state index in [-0.39, 0.29) is 19.0 Å². The second-order valence-electron chi connectivity index (χ2n) is 5.18. The van der Waals surface area contributed by atoms with Gasteiger partial charge in [0.1, 0.15) is 0 Å². The lowest BCUT2D eigenvalue weighted by atomic mass is 10.1. The van der Waals surface area contributed by atoms with E-state index in [9.17, 15) is 13.2 Å². The van der Waals surface area contributed by atoms with Gasteiger partial charge in [-0.2, -0.15) is 4.31 Å². The summed E-state index contributed by atoms with van der Waals surface area (Å²) < 4.78 is 24.8. The molecule has 0 heterocycles. The smallest absolute Gasteiger partial charge is 0.235 e. The minimum Gasteiger partial charge on any atom is -0.355 e. The lowest BCUT2D eigenvalue weighted by Crippen LogP contribution is -2.41. The lowest BCUT2D eigenvalue weighted by molar-refractivity contribution is -0.121. The zero-order valence-electron chi connectivity index (χ0n) is 13.0. The van der Waals surface area contributed by atoms with Gasteiger partial charge < -0.3 is 5.32 Å². The molecule has 0 spiro atoms. The number of nitrogens with one attached hydrogen (secondary N) is 1. The van der Waals surface area contributed by atoms with Crippen molar-refractivity contribution in [3.63, 3.8) is 0 Å². The SMILES string of the molecule is CCCCNC(=O)CN(CCc1cccc(Cl)c1)S(C)(=O)=O. The number of halogens is 1. The van der Waals surface area contributed by atoms with Gasteiger partial charge in [-0.1, -0.05) is 37.1 Å². The number of carbonyl (C=O) groups excluding carboxylic acids is 1. The van der Waals surface area contributed by atoms with Crippen molar-refractivity contribution in [2.45, 2.75) is 26.2 Å². The molecule has 1 aromatic carbocycles. The summed E-state index contributed by atoms with van der Waals surface area (Å²) in [4.78, 5) is 11.8. The molecule has 0 aliphatic carbocycles. The maximum atomic E-state index is 11.8. The van der Waals surface area contributed by atoms with E-state index in [1.54, 1.807) is 12.1 Å². The van der Waals surface area contributed by atoms with Crippen LogP contribution < -0.4 is 5.32 Å². The molecule has 0 saturated heterocycles. The lowest BCUT2D eigenvalue weighted by Gasteiger charge is -2.19. The van der Waals surface area contributed by atoms with Crippen molar-refractivity contribution in [2.75, 3.05) is 25.9 Å². The van der Waals surface area contributed by atoms with E-state index < -0.39 is 10.0 Å². The highest BCUT2D eigenvalue weighted by molar-refractivity contribution is 7.88. The van der Waals surface area contributed by atoms with Crippen LogP contribution in [-0.2, 0) is 21.2 Å². The predicted octanol–water partition coefficient (Wildman–Crippen LogP) is 2.06. The largest absolute Gasteiger partial charge is 0.355 e. The van der Waals surface area contributed by atoms with E-state index in [2.05, 4.69) is 5.32 Å². The fraction of sp³-hybridized carbons (Fsp3) is 0.533. The third-order valence-corrected chi connectivity index (χ3v) is 4.67. The third-order valence-electron chi connectivity index (χ3n) is 3.18. The molecule has 1 amide bonds. The van der Waals surface area contributed by atoms with Gasteiger partial charge >= 0.3 is 0 Å². The first kappa shape index (κ1) is 18.9. The van der Waals surface area contributed by atoms with Crippen LogP contribution in [0, 0.1) is 0 Å². The third kappa shape index (κ3) is 7.24. The zero-order valence-corrected chi connectivity index (χ0v) is 14.6. The van der Waals surface area contributed by atoms with Crippen molar-refractivity contribution >= 4 is 27.5 Å². The van der Waals surface area contributed by atoms with Gasteiger partial charge in [0.05, 0.1) is 12.8 Å². The Morgan fingerprint density at radius 1 is 1.36 bits per heavy atom. The number of benzene rings is 1. The molecule has 0 aliphatic rings. The summed E-state index contributed by atoms with van der Waals surface area (Å²) in [6, 6.07) is 7.26. The average molecular weight is 347 g/mol. The van der Waals surface area contributed by atoms with Crippen LogP contribution in [0.4, 0.5) is 0 Å². The Hall–Kier alpha value is -1.11. The molecule has 7 heteroatoms. The normalized spacial score (nSPS) is 11.6. The van der Waals surface area contributed by atoms with Gasteiger partial charge in [-0.05, 0) is 30.5 Å². The molecule has 0 aromatic heterocycles. The molecule has 5 nitrogen and oxygen atoms in total. The van der Waals surface area contributed by atoms with E-state index >= 15 is 0 Å². The van der Waals surface area contributed by atoms with Gasteiger partial charge in [0.2, 0.25) is 15.9 Å². The number of nitrogens with zero attached hydrogens (tertiary/aromatic N) is 1. The molecule has 0 fully saturated rings. The molecule has 0 aliphatic heterocycles. The van der Waals surface area contributed by atoms with Gasteiger partial charge in [0.15, 0.2) is 0 Å². The Labute approximate surface area is 137 Å². The van der Waals surface area contributed by atoms with Crippen LogP contribution in [0.15, 0.2) is 24.3 Å². The minimum absolute atomic E-state index is 0.150. The van der Waals surface area contributed by atoms with Crippen molar-refractivity contribution in [3.8, 4) is 0 Å². The highest BCUT2D eigenvalue weighted by Gasteiger charge is 2.19. The Kier molecular flexibility index (Phi) is 7.85. The summed E-state index contributed by atoms with van der Waals surface area (Å²) in [7, 11) is -3.43. The number of carbonyl (C=O) groups is 1. The summed E-state index contributed by atoms with van der Waals surface area (Å²) in [5.74, 6) is -0.273. The van der Waals surface area contributed by atoms with Crippen molar-refractivity contribution in [2.24, 2.45) is 0 Å². The van der Waals surface area contributed by atoms with Crippen LogP contribution in [0.1, 0.15) is 25.3 Å². The Balaban J connectivity index is 2.60. The predicted molar refractivity (Wildman–Crippen MR) is 89.5 cm³/mol. The maximum absolute atomic E-state index is 11.8. The molecule has 1 aromatic rings. The van der Waals surface area contributed by atoms with E-state index in [4.69, 9.17) is 11.6 Å². The van der Waals surface area contributed by atoms with Gasteiger partial charge in [-0.25, -0.2) is 8.42 Å². The molecule has 1 rings (SSSR count). The minimum atomic E-state index is -3.43. The van der Waals surface area contributed by atoms with Crippen molar-refractivity contribution in [3.05, 3.63) is 34.9 Å². The van der Waals surface area contributed by atoms with E-state index in [0.29, 0.717) is 18.0 Å². The average Bonchev–Trinajstić information content (AvgIpc) is 2.42. The van der Waals surface area contributed by atoms with Gasteiger partial charge in [-0.3, -0.25) is 4.79 Å². The van der Waals surface area contributed by atoms with E-state index in [1.807, 2.05) is 19.1 Å². The number of hydrogen-bond acceptors (Lipinski definition) is 3. The highest BCUT2D eigenvalue weighted by atomic mass is 35.5. The molecular weight excluding hydrogens is 324 g/mol. The van der Waals surface area contributed by atoms with E-state index in [1.165, 1.54) is 4.31 Å². The van der Waals surface area contributed by atoms with Crippen molar-refractivity contribution < 1.29 is 13.2 Å². The van der Waals surface area contributed by atoms with Crippen LogP contribution in [0.25, 0.3) is 0 Å². The number of rotatable bonds is 9. The Morgan fingerprint density at radius 2 is 2.09 bits per heavy atom. The molecule has 124 valence electrons. The first-order valence-corrected chi connectivity index (χ1v) is 9.52.